The molecule has 0 aromatic carbocycles. The van der Waals surface area contributed by atoms with E-state index in [1.54, 1.807) is 6.20 Å². The molecule has 182 valence electrons. The molecular formula is C25H30N8OS. The van der Waals surface area contributed by atoms with Gasteiger partial charge in [-0.25, -0.2) is 4.98 Å². The fraction of sp³-hybridized carbons (Fsp3) is 0.440. The van der Waals surface area contributed by atoms with Crippen LogP contribution in [0.5, 0.6) is 0 Å². The summed E-state index contributed by atoms with van der Waals surface area (Å²) in [7, 11) is 0. The molecule has 1 saturated heterocycles. The van der Waals surface area contributed by atoms with Crippen LogP contribution in [-0.4, -0.2) is 67.2 Å². The van der Waals surface area contributed by atoms with Gasteiger partial charge in [-0.3, -0.25) is 9.88 Å². The van der Waals surface area contributed by atoms with Crippen molar-refractivity contribution in [3.8, 4) is 5.69 Å². The number of nitrogens with zero attached hydrogens (tertiary/aromatic N) is 6. The number of aryl methyl sites for hydroxylation is 1. The minimum Gasteiger partial charge on any atom is -0.379 e. The predicted octanol–water partition coefficient (Wildman–Crippen LogP) is 4.38. The van der Waals surface area contributed by atoms with E-state index in [4.69, 9.17) is 14.7 Å². The van der Waals surface area contributed by atoms with Gasteiger partial charge in [0.15, 0.2) is 5.82 Å². The number of aromatic nitrogens is 5. The number of pyridine rings is 1. The minimum absolute atomic E-state index is 0.376. The van der Waals surface area contributed by atoms with Crippen molar-refractivity contribution >= 4 is 39.3 Å². The highest BCUT2D eigenvalue weighted by atomic mass is 32.1. The third-order valence-corrected chi connectivity index (χ3v) is 7.72. The second-order valence-electron chi connectivity index (χ2n) is 9.28. The molecule has 0 bridgehead atoms. The molecular weight excluding hydrogens is 460 g/mol. The molecule has 2 fully saturated rings. The molecule has 4 aromatic heterocycles. The number of rotatable bonds is 6. The number of nitrogens with one attached hydrogen (secondary N) is 2. The van der Waals surface area contributed by atoms with Gasteiger partial charge < -0.3 is 19.9 Å². The number of anilines is 3. The van der Waals surface area contributed by atoms with Crippen molar-refractivity contribution in [2.75, 3.05) is 36.9 Å². The Kier molecular flexibility index (Phi) is 6.32. The topological polar surface area (TPSA) is 93.0 Å². The zero-order valence-corrected chi connectivity index (χ0v) is 20.7. The van der Waals surface area contributed by atoms with E-state index in [0.717, 1.165) is 72.4 Å². The lowest BCUT2D eigenvalue weighted by Crippen LogP contribution is -2.46. The Bertz CT molecular complexity index is 1280. The van der Waals surface area contributed by atoms with Gasteiger partial charge in [0, 0.05) is 37.6 Å². The van der Waals surface area contributed by atoms with Crippen molar-refractivity contribution < 1.29 is 4.74 Å². The molecule has 4 aromatic rings. The maximum atomic E-state index is 5.54. The molecule has 6 rings (SSSR count). The molecule has 0 atom stereocenters. The number of morpholine rings is 1. The van der Waals surface area contributed by atoms with Crippen molar-refractivity contribution in [2.24, 2.45) is 0 Å². The highest BCUT2D eigenvalue weighted by molar-refractivity contribution is 7.10. The number of ether oxygens (including phenoxy) is 1. The van der Waals surface area contributed by atoms with Gasteiger partial charge in [0.25, 0.3) is 0 Å². The second kappa shape index (κ2) is 9.88. The molecule has 0 amide bonds. The smallest absolute Gasteiger partial charge is 0.230 e. The van der Waals surface area contributed by atoms with Crippen molar-refractivity contribution in [2.45, 2.75) is 44.7 Å². The summed E-state index contributed by atoms with van der Waals surface area (Å²) in [6.07, 6.45) is 10.3. The summed E-state index contributed by atoms with van der Waals surface area (Å²) < 4.78 is 12.0. The van der Waals surface area contributed by atoms with E-state index >= 15 is 0 Å². The van der Waals surface area contributed by atoms with Gasteiger partial charge in [-0.15, -0.1) is 0 Å². The van der Waals surface area contributed by atoms with E-state index < -0.39 is 0 Å². The van der Waals surface area contributed by atoms with E-state index in [1.807, 2.05) is 37.5 Å². The van der Waals surface area contributed by atoms with E-state index in [0.29, 0.717) is 18.0 Å². The Hall–Kier alpha value is -3.08. The summed E-state index contributed by atoms with van der Waals surface area (Å²) in [5, 5.41) is 8.07. The first-order valence-corrected chi connectivity index (χ1v) is 13.1. The molecule has 0 radical (unpaired) electrons. The molecule has 0 spiro atoms. The van der Waals surface area contributed by atoms with Crippen LogP contribution in [0.3, 0.4) is 0 Å². The molecule has 10 heteroatoms. The molecule has 2 aliphatic rings. The third kappa shape index (κ3) is 4.86. The van der Waals surface area contributed by atoms with Crippen molar-refractivity contribution in [1.82, 2.24) is 28.8 Å². The maximum Gasteiger partial charge on any atom is 0.230 e. The van der Waals surface area contributed by atoms with E-state index in [1.165, 1.54) is 24.4 Å². The van der Waals surface area contributed by atoms with Crippen molar-refractivity contribution in [1.29, 1.82) is 0 Å². The SMILES string of the molecule is Cc1cc(Nc2nc(N[C@H]3CC[C@H](N4CCOCC4)CC3)c3c(ccn3-c3cccnc3)n2)sn1. The third-order valence-electron chi connectivity index (χ3n) is 6.92. The maximum absolute atomic E-state index is 5.54. The number of hydrogen-bond acceptors (Lipinski definition) is 9. The first-order valence-electron chi connectivity index (χ1n) is 12.3. The number of hydrogen-bond donors (Lipinski definition) is 2. The zero-order chi connectivity index (χ0) is 23.6. The fourth-order valence-electron chi connectivity index (χ4n) is 5.17. The average Bonchev–Trinajstić information content (AvgIpc) is 3.51. The van der Waals surface area contributed by atoms with Crippen LogP contribution in [0, 0.1) is 6.92 Å². The summed E-state index contributed by atoms with van der Waals surface area (Å²) in [5.41, 5.74) is 3.83. The van der Waals surface area contributed by atoms with E-state index in [2.05, 4.69) is 35.5 Å². The minimum atomic E-state index is 0.376. The quantitative estimate of drug-likeness (QED) is 0.411. The Balaban J connectivity index is 1.28. The standard InChI is InChI=1S/C25H30N8OS/c1-17-15-22(35-31-17)29-25-28-21-8-10-33(20-3-2-9-26-16-20)23(21)24(30-25)27-18-4-6-19(7-5-18)32-11-13-34-14-12-32/h2-3,8-10,15-16,18-19H,4-7,11-14H2,1H3,(H2,27,28,29,30)/t18-,19-. The monoisotopic (exact) mass is 490 g/mol. The highest BCUT2D eigenvalue weighted by Gasteiger charge is 2.28. The molecule has 2 N–H and O–H groups in total. The zero-order valence-electron chi connectivity index (χ0n) is 19.9. The lowest BCUT2D eigenvalue weighted by Gasteiger charge is -2.39. The van der Waals surface area contributed by atoms with Gasteiger partial charge in [0.2, 0.25) is 5.95 Å². The van der Waals surface area contributed by atoms with Gasteiger partial charge in [-0.05, 0) is 68.4 Å². The van der Waals surface area contributed by atoms with Gasteiger partial charge >= 0.3 is 0 Å². The molecule has 1 aliphatic heterocycles. The van der Waals surface area contributed by atoms with Crippen LogP contribution >= 0.6 is 11.5 Å². The van der Waals surface area contributed by atoms with Gasteiger partial charge in [-0.2, -0.15) is 9.36 Å². The Labute approximate surface area is 208 Å². The lowest BCUT2D eigenvalue weighted by atomic mass is 9.90. The van der Waals surface area contributed by atoms with Gasteiger partial charge in [0.05, 0.1) is 36.3 Å². The summed E-state index contributed by atoms with van der Waals surface area (Å²) in [5.74, 6) is 1.43. The van der Waals surface area contributed by atoms with Crippen molar-refractivity contribution in [3.63, 3.8) is 0 Å². The normalized spacial score (nSPS) is 21.3. The Morgan fingerprint density at radius 3 is 2.69 bits per heavy atom. The summed E-state index contributed by atoms with van der Waals surface area (Å²) in [6.45, 7) is 5.81. The van der Waals surface area contributed by atoms with E-state index in [-0.39, 0.29) is 0 Å². The van der Waals surface area contributed by atoms with Crippen LogP contribution in [0.1, 0.15) is 31.4 Å². The Morgan fingerprint density at radius 2 is 1.94 bits per heavy atom. The molecule has 35 heavy (non-hydrogen) atoms. The average molecular weight is 491 g/mol. The fourth-order valence-corrected chi connectivity index (χ4v) is 5.82. The molecule has 0 unspecified atom stereocenters. The van der Waals surface area contributed by atoms with Crippen LogP contribution < -0.4 is 10.6 Å². The van der Waals surface area contributed by atoms with Crippen LogP contribution in [0.4, 0.5) is 16.8 Å². The van der Waals surface area contributed by atoms with Crippen LogP contribution in [-0.2, 0) is 4.74 Å². The summed E-state index contributed by atoms with van der Waals surface area (Å²) in [6, 6.07) is 9.09. The predicted molar refractivity (Wildman–Crippen MR) is 139 cm³/mol. The summed E-state index contributed by atoms with van der Waals surface area (Å²) in [4.78, 5) is 16.7. The lowest BCUT2D eigenvalue weighted by molar-refractivity contribution is 0.00791. The van der Waals surface area contributed by atoms with Crippen LogP contribution in [0.25, 0.3) is 16.7 Å². The largest absolute Gasteiger partial charge is 0.379 e. The molecule has 5 heterocycles. The Morgan fingerprint density at radius 1 is 1.09 bits per heavy atom. The first kappa shape index (κ1) is 22.4. The van der Waals surface area contributed by atoms with E-state index in [9.17, 15) is 0 Å². The molecule has 9 nitrogen and oxygen atoms in total. The number of fused-ring (bicyclic) bond motifs is 1. The highest BCUT2D eigenvalue weighted by Crippen LogP contribution is 2.31. The summed E-state index contributed by atoms with van der Waals surface area (Å²) >= 11 is 1.42. The van der Waals surface area contributed by atoms with Crippen LogP contribution in [0.2, 0.25) is 0 Å². The second-order valence-corrected chi connectivity index (χ2v) is 10.1. The van der Waals surface area contributed by atoms with Gasteiger partial charge in [0.1, 0.15) is 10.5 Å². The molecule has 1 saturated carbocycles. The first-order chi connectivity index (χ1) is 17.2. The van der Waals surface area contributed by atoms with Crippen LogP contribution in [0.15, 0.2) is 42.9 Å². The molecule has 1 aliphatic carbocycles. The van der Waals surface area contributed by atoms with Gasteiger partial charge in [-0.1, -0.05) is 0 Å². The van der Waals surface area contributed by atoms with Crippen molar-refractivity contribution in [3.05, 3.63) is 48.5 Å².